The van der Waals surface area contributed by atoms with Crippen LogP contribution in [0.4, 0.5) is 18.9 Å². The van der Waals surface area contributed by atoms with E-state index in [1.54, 1.807) is 24.5 Å². The van der Waals surface area contributed by atoms with Gasteiger partial charge in [-0.15, -0.1) is 0 Å². The van der Waals surface area contributed by atoms with Crippen molar-refractivity contribution in [3.8, 4) is 17.0 Å². The number of nitrogens with one attached hydrogen (secondary N) is 1. The molecule has 0 unspecified atom stereocenters. The normalized spacial score (nSPS) is 11.3. The summed E-state index contributed by atoms with van der Waals surface area (Å²) in [6.07, 6.45) is -0.104. The van der Waals surface area contributed by atoms with Gasteiger partial charge in [0.25, 0.3) is 0 Å². The van der Waals surface area contributed by atoms with Gasteiger partial charge < -0.3 is 10.1 Å². The second kappa shape index (κ2) is 7.79. The van der Waals surface area contributed by atoms with Gasteiger partial charge in [0.05, 0.1) is 19.3 Å². The van der Waals surface area contributed by atoms with Gasteiger partial charge in [0.15, 0.2) is 0 Å². The van der Waals surface area contributed by atoms with Crippen LogP contribution < -0.4 is 10.1 Å². The van der Waals surface area contributed by atoms with E-state index in [0.717, 1.165) is 23.4 Å². The van der Waals surface area contributed by atoms with Crippen molar-refractivity contribution in [1.29, 1.82) is 0 Å². The molecule has 9 heteroatoms. The van der Waals surface area contributed by atoms with Crippen LogP contribution in [0.5, 0.6) is 5.88 Å². The number of rotatable bonds is 5. The van der Waals surface area contributed by atoms with Gasteiger partial charge >= 0.3 is 6.18 Å². The minimum atomic E-state index is -4.48. The lowest BCUT2D eigenvalue weighted by Gasteiger charge is -2.10. The Labute approximate surface area is 158 Å². The van der Waals surface area contributed by atoms with Gasteiger partial charge in [0.1, 0.15) is 10.7 Å². The fourth-order valence-electron chi connectivity index (χ4n) is 2.32. The van der Waals surface area contributed by atoms with Crippen molar-refractivity contribution in [2.24, 2.45) is 0 Å². The summed E-state index contributed by atoms with van der Waals surface area (Å²) in [5.74, 6) is 0.338. The highest BCUT2D eigenvalue weighted by Crippen LogP contribution is 2.29. The Balaban J connectivity index is 1.69. The molecule has 27 heavy (non-hydrogen) atoms. The molecule has 0 aliphatic carbocycles. The molecule has 3 aromatic heterocycles. The van der Waals surface area contributed by atoms with E-state index in [0.29, 0.717) is 22.3 Å². The number of aromatic nitrogens is 3. The first kappa shape index (κ1) is 18.9. The number of anilines is 1. The summed E-state index contributed by atoms with van der Waals surface area (Å²) in [6, 6.07) is 7.75. The van der Waals surface area contributed by atoms with Crippen LogP contribution in [0.25, 0.3) is 11.1 Å². The average molecular weight is 395 g/mol. The third kappa shape index (κ3) is 4.65. The second-order valence-electron chi connectivity index (χ2n) is 5.53. The maximum atomic E-state index is 12.7. The van der Waals surface area contributed by atoms with E-state index in [4.69, 9.17) is 16.3 Å². The van der Waals surface area contributed by atoms with E-state index >= 15 is 0 Å². The van der Waals surface area contributed by atoms with Crippen LogP contribution in [-0.4, -0.2) is 22.1 Å². The van der Waals surface area contributed by atoms with E-state index < -0.39 is 11.9 Å². The van der Waals surface area contributed by atoms with Crippen molar-refractivity contribution < 1.29 is 17.9 Å². The number of halogens is 4. The highest BCUT2D eigenvalue weighted by atomic mass is 35.5. The monoisotopic (exact) mass is 394 g/mol. The van der Waals surface area contributed by atoms with E-state index in [2.05, 4.69) is 20.3 Å². The minimum absolute atomic E-state index is 0.267. The maximum absolute atomic E-state index is 12.7. The van der Waals surface area contributed by atoms with Crippen molar-refractivity contribution in [3.05, 3.63) is 65.3 Å². The number of alkyl halides is 3. The van der Waals surface area contributed by atoms with Gasteiger partial charge in [-0.2, -0.15) is 13.2 Å². The summed E-state index contributed by atoms with van der Waals surface area (Å²) in [6.45, 7) is 0.267. The van der Waals surface area contributed by atoms with Gasteiger partial charge in [0.2, 0.25) is 5.88 Å². The van der Waals surface area contributed by atoms with Gasteiger partial charge in [-0.25, -0.2) is 4.98 Å². The molecule has 0 fully saturated rings. The molecule has 0 bridgehead atoms. The number of ether oxygens (including phenoxy) is 1. The Morgan fingerprint density at radius 2 is 1.81 bits per heavy atom. The van der Waals surface area contributed by atoms with Crippen molar-refractivity contribution in [1.82, 2.24) is 15.0 Å². The molecule has 0 atom stereocenters. The molecule has 3 rings (SSSR count). The standard InChI is InChI=1S/C18H14ClF3N4O/c1-27-17-15(19)6-12(9-26-17)11-2-3-14(24-8-11)10-25-13-4-5-23-16(7-13)18(20,21)22/h2-9H,10H2,1H3,(H,23,25). The summed E-state index contributed by atoms with van der Waals surface area (Å²) in [5.41, 5.74) is 1.61. The highest BCUT2D eigenvalue weighted by Gasteiger charge is 2.32. The Bertz CT molecular complexity index is 933. The van der Waals surface area contributed by atoms with E-state index in [-0.39, 0.29) is 6.54 Å². The molecule has 0 spiro atoms. The lowest BCUT2D eigenvalue weighted by Crippen LogP contribution is -2.09. The van der Waals surface area contributed by atoms with Crippen LogP contribution >= 0.6 is 11.6 Å². The third-order valence-electron chi connectivity index (χ3n) is 3.68. The first-order valence-corrected chi connectivity index (χ1v) is 8.16. The molecule has 3 heterocycles. The predicted molar refractivity (Wildman–Crippen MR) is 95.6 cm³/mol. The van der Waals surface area contributed by atoms with Crippen LogP contribution in [0.2, 0.25) is 5.02 Å². The lowest BCUT2D eigenvalue weighted by molar-refractivity contribution is -0.141. The van der Waals surface area contributed by atoms with Crippen molar-refractivity contribution in [2.75, 3.05) is 12.4 Å². The van der Waals surface area contributed by atoms with Gasteiger partial charge in [-0.1, -0.05) is 17.7 Å². The molecule has 0 aliphatic rings. The number of hydrogen-bond acceptors (Lipinski definition) is 5. The average Bonchev–Trinajstić information content (AvgIpc) is 2.66. The molecule has 0 saturated heterocycles. The molecular formula is C18H14ClF3N4O. The number of hydrogen-bond donors (Lipinski definition) is 1. The van der Waals surface area contributed by atoms with Gasteiger partial charge in [-0.05, 0) is 24.3 Å². The molecule has 0 radical (unpaired) electrons. The Morgan fingerprint density at radius 1 is 1.04 bits per heavy atom. The fourth-order valence-corrected chi connectivity index (χ4v) is 2.56. The lowest BCUT2D eigenvalue weighted by atomic mass is 10.1. The van der Waals surface area contributed by atoms with Crippen LogP contribution in [0.15, 0.2) is 48.9 Å². The first-order chi connectivity index (χ1) is 12.9. The SMILES string of the molecule is COc1ncc(-c2ccc(CNc3ccnc(C(F)(F)F)c3)nc2)cc1Cl. The Kier molecular flexibility index (Phi) is 5.46. The number of methoxy groups -OCH3 is 1. The van der Waals surface area contributed by atoms with Crippen molar-refractivity contribution in [3.63, 3.8) is 0 Å². The van der Waals surface area contributed by atoms with Gasteiger partial charge in [-0.3, -0.25) is 9.97 Å². The minimum Gasteiger partial charge on any atom is -0.480 e. The highest BCUT2D eigenvalue weighted by molar-refractivity contribution is 6.32. The smallest absolute Gasteiger partial charge is 0.433 e. The summed E-state index contributed by atoms with van der Waals surface area (Å²) >= 11 is 6.07. The fraction of sp³-hybridized carbons (Fsp3) is 0.167. The summed E-state index contributed by atoms with van der Waals surface area (Å²) in [5, 5.41) is 3.29. The Morgan fingerprint density at radius 3 is 2.44 bits per heavy atom. The molecule has 0 aromatic carbocycles. The van der Waals surface area contributed by atoms with E-state index in [1.807, 2.05) is 6.07 Å². The van der Waals surface area contributed by atoms with Crippen LogP contribution in [0.3, 0.4) is 0 Å². The third-order valence-corrected chi connectivity index (χ3v) is 3.95. The van der Waals surface area contributed by atoms with Crippen LogP contribution in [0, 0.1) is 0 Å². The van der Waals surface area contributed by atoms with Crippen LogP contribution in [0.1, 0.15) is 11.4 Å². The summed E-state index contributed by atoms with van der Waals surface area (Å²) in [7, 11) is 1.48. The molecule has 0 aliphatic heterocycles. The van der Waals surface area contributed by atoms with Crippen LogP contribution in [-0.2, 0) is 12.7 Å². The molecule has 0 amide bonds. The largest absolute Gasteiger partial charge is 0.480 e. The van der Waals surface area contributed by atoms with E-state index in [9.17, 15) is 13.2 Å². The Hall–Kier alpha value is -2.87. The first-order valence-electron chi connectivity index (χ1n) is 7.79. The van der Waals surface area contributed by atoms with Crippen molar-refractivity contribution in [2.45, 2.75) is 12.7 Å². The number of nitrogens with zero attached hydrogens (tertiary/aromatic N) is 3. The second-order valence-corrected chi connectivity index (χ2v) is 5.94. The topological polar surface area (TPSA) is 59.9 Å². The zero-order chi connectivity index (χ0) is 19.4. The molecule has 3 aromatic rings. The molecule has 5 nitrogen and oxygen atoms in total. The van der Waals surface area contributed by atoms with Gasteiger partial charge in [0, 0.05) is 35.4 Å². The number of pyridine rings is 3. The van der Waals surface area contributed by atoms with E-state index in [1.165, 1.54) is 13.2 Å². The summed E-state index contributed by atoms with van der Waals surface area (Å²) < 4.78 is 43.1. The predicted octanol–water partition coefficient (Wildman–Crippen LogP) is 4.83. The molecule has 0 saturated carbocycles. The molecule has 1 N–H and O–H groups in total. The summed E-state index contributed by atoms with van der Waals surface area (Å²) in [4.78, 5) is 11.7. The zero-order valence-electron chi connectivity index (χ0n) is 14.1. The molecular weight excluding hydrogens is 381 g/mol. The molecule has 140 valence electrons. The maximum Gasteiger partial charge on any atom is 0.433 e. The van der Waals surface area contributed by atoms with Crippen molar-refractivity contribution >= 4 is 17.3 Å². The quantitative estimate of drug-likeness (QED) is 0.671. The zero-order valence-corrected chi connectivity index (χ0v) is 14.8.